The SMILES string of the molecule is COC(=O)C(C)(C)n1cc(-c2ccc(CO)cc2)cn1. The minimum absolute atomic E-state index is 0.0227. The van der Waals surface area contributed by atoms with E-state index in [0.717, 1.165) is 16.7 Å². The maximum absolute atomic E-state index is 11.8. The molecule has 5 nitrogen and oxygen atoms in total. The van der Waals surface area contributed by atoms with Gasteiger partial charge in [0.05, 0.1) is 19.9 Å². The minimum Gasteiger partial charge on any atom is -0.467 e. The Morgan fingerprint density at radius 3 is 2.50 bits per heavy atom. The summed E-state index contributed by atoms with van der Waals surface area (Å²) in [6, 6.07) is 7.55. The number of aliphatic hydroxyl groups excluding tert-OH is 1. The quantitative estimate of drug-likeness (QED) is 0.865. The Labute approximate surface area is 117 Å². The summed E-state index contributed by atoms with van der Waals surface area (Å²) in [4.78, 5) is 11.8. The highest BCUT2D eigenvalue weighted by Crippen LogP contribution is 2.23. The van der Waals surface area contributed by atoms with Crippen LogP contribution < -0.4 is 0 Å². The first kappa shape index (κ1) is 14.3. The van der Waals surface area contributed by atoms with E-state index in [1.165, 1.54) is 7.11 Å². The van der Waals surface area contributed by atoms with Crippen LogP contribution in [0.4, 0.5) is 0 Å². The molecule has 1 aromatic heterocycles. The van der Waals surface area contributed by atoms with Crippen molar-refractivity contribution in [1.29, 1.82) is 0 Å². The highest BCUT2D eigenvalue weighted by Gasteiger charge is 2.31. The summed E-state index contributed by atoms with van der Waals surface area (Å²) in [5.74, 6) is -0.345. The van der Waals surface area contributed by atoms with Crippen LogP contribution in [0, 0.1) is 0 Å². The van der Waals surface area contributed by atoms with Gasteiger partial charge in [-0.05, 0) is 25.0 Å². The molecule has 0 aliphatic rings. The molecule has 0 aliphatic heterocycles. The lowest BCUT2D eigenvalue weighted by Gasteiger charge is -2.21. The van der Waals surface area contributed by atoms with E-state index in [-0.39, 0.29) is 12.6 Å². The van der Waals surface area contributed by atoms with Crippen LogP contribution in [0.25, 0.3) is 11.1 Å². The zero-order chi connectivity index (χ0) is 14.8. The lowest BCUT2D eigenvalue weighted by Crippen LogP contribution is -2.37. The minimum atomic E-state index is -0.849. The van der Waals surface area contributed by atoms with Crippen molar-refractivity contribution in [3.05, 3.63) is 42.2 Å². The second-order valence-corrected chi connectivity index (χ2v) is 5.08. The van der Waals surface area contributed by atoms with Crippen LogP contribution >= 0.6 is 0 Å². The van der Waals surface area contributed by atoms with Crippen molar-refractivity contribution in [2.45, 2.75) is 26.0 Å². The van der Waals surface area contributed by atoms with Gasteiger partial charge in [0.1, 0.15) is 0 Å². The van der Waals surface area contributed by atoms with E-state index < -0.39 is 5.54 Å². The van der Waals surface area contributed by atoms with Crippen molar-refractivity contribution in [2.75, 3.05) is 7.11 Å². The van der Waals surface area contributed by atoms with Crippen LogP contribution in [0.1, 0.15) is 19.4 Å². The van der Waals surface area contributed by atoms with Crippen molar-refractivity contribution in [3.8, 4) is 11.1 Å². The smallest absolute Gasteiger partial charge is 0.333 e. The van der Waals surface area contributed by atoms with Gasteiger partial charge in [-0.15, -0.1) is 0 Å². The van der Waals surface area contributed by atoms with Gasteiger partial charge in [0, 0.05) is 11.8 Å². The maximum Gasteiger partial charge on any atom is 0.333 e. The normalized spacial score (nSPS) is 11.4. The average Bonchev–Trinajstić information content (AvgIpc) is 2.97. The first-order valence-electron chi connectivity index (χ1n) is 6.32. The number of esters is 1. The molecule has 2 aromatic rings. The summed E-state index contributed by atoms with van der Waals surface area (Å²) < 4.78 is 6.38. The summed E-state index contributed by atoms with van der Waals surface area (Å²) in [6.07, 6.45) is 3.52. The fourth-order valence-electron chi connectivity index (χ4n) is 1.92. The van der Waals surface area contributed by atoms with E-state index >= 15 is 0 Å². The Hall–Kier alpha value is -2.14. The highest BCUT2D eigenvalue weighted by molar-refractivity contribution is 5.77. The molecule has 5 heteroatoms. The van der Waals surface area contributed by atoms with Crippen LogP contribution in [0.15, 0.2) is 36.7 Å². The Balaban J connectivity index is 2.30. The number of hydrogen-bond acceptors (Lipinski definition) is 4. The lowest BCUT2D eigenvalue weighted by molar-refractivity contribution is -0.150. The van der Waals surface area contributed by atoms with E-state index in [0.29, 0.717) is 0 Å². The number of carbonyl (C=O) groups excluding carboxylic acids is 1. The van der Waals surface area contributed by atoms with E-state index in [4.69, 9.17) is 9.84 Å². The first-order valence-corrected chi connectivity index (χ1v) is 6.32. The van der Waals surface area contributed by atoms with Gasteiger partial charge >= 0.3 is 5.97 Å². The Bertz CT molecular complexity index is 600. The predicted molar refractivity (Wildman–Crippen MR) is 74.9 cm³/mol. The molecule has 1 aromatic carbocycles. The number of aromatic nitrogens is 2. The van der Waals surface area contributed by atoms with Crippen LogP contribution in [-0.4, -0.2) is 28.0 Å². The standard InChI is InChI=1S/C15H18N2O3/c1-15(2,14(19)20-3)17-9-13(8-16-17)12-6-4-11(10-18)5-7-12/h4-9,18H,10H2,1-3H3. The second-order valence-electron chi connectivity index (χ2n) is 5.08. The Morgan fingerprint density at radius 2 is 1.95 bits per heavy atom. The first-order chi connectivity index (χ1) is 9.48. The van der Waals surface area contributed by atoms with E-state index in [1.807, 2.05) is 30.5 Å². The van der Waals surface area contributed by atoms with Gasteiger partial charge in [0.25, 0.3) is 0 Å². The van der Waals surface area contributed by atoms with E-state index in [2.05, 4.69) is 5.10 Å². The zero-order valence-electron chi connectivity index (χ0n) is 11.8. The summed E-state index contributed by atoms with van der Waals surface area (Å²) in [5, 5.41) is 13.3. The van der Waals surface area contributed by atoms with Crippen molar-refractivity contribution in [2.24, 2.45) is 0 Å². The number of aliphatic hydroxyl groups is 1. The molecule has 20 heavy (non-hydrogen) atoms. The Morgan fingerprint density at radius 1 is 1.30 bits per heavy atom. The molecule has 0 amide bonds. The van der Waals surface area contributed by atoms with Crippen molar-refractivity contribution < 1.29 is 14.6 Å². The van der Waals surface area contributed by atoms with Crippen molar-refractivity contribution in [1.82, 2.24) is 9.78 Å². The number of benzene rings is 1. The average molecular weight is 274 g/mol. The molecule has 106 valence electrons. The molecule has 0 saturated carbocycles. The number of methoxy groups -OCH3 is 1. The molecule has 0 fully saturated rings. The number of nitrogens with zero attached hydrogens (tertiary/aromatic N) is 2. The fraction of sp³-hybridized carbons (Fsp3) is 0.333. The van der Waals surface area contributed by atoms with Crippen molar-refractivity contribution in [3.63, 3.8) is 0 Å². The molecule has 1 heterocycles. The molecule has 0 aliphatic carbocycles. The van der Waals surface area contributed by atoms with Crippen LogP contribution in [0.3, 0.4) is 0 Å². The van der Waals surface area contributed by atoms with Crippen molar-refractivity contribution >= 4 is 5.97 Å². The molecule has 1 N–H and O–H groups in total. The van der Waals surface area contributed by atoms with Crippen LogP contribution in [0.2, 0.25) is 0 Å². The number of carbonyl (C=O) groups is 1. The fourth-order valence-corrected chi connectivity index (χ4v) is 1.92. The largest absolute Gasteiger partial charge is 0.467 e. The van der Waals surface area contributed by atoms with Gasteiger partial charge in [0.15, 0.2) is 5.54 Å². The molecule has 0 atom stereocenters. The highest BCUT2D eigenvalue weighted by atomic mass is 16.5. The molecule has 0 spiro atoms. The Kier molecular flexibility index (Phi) is 3.90. The summed E-state index contributed by atoms with van der Waals surface area (Å²) in [5.41, 5.74) is 1.90. The third kappa shape index (κ3) is 2.58. The topological polar surface area (TPSA) is 64.3 Å². The summed E-state index contributed by atoms with van der Waals surface area (Å²) >= 11 is 0. The maximum atomic E-state index is 11.8. The van der Waals surface area contributed by atoms with E-state index in [9.17, 15) is 4.79 Å². The monoisotopic (exact) mass is 274 g/mol. The lowest BCUT2D eigenvalue weighted by atomic mass is 10.1. The van der Waals surface area contributed by atoms with Gasteiger partial charge in [-0.1, -0.05) is 24.3 Å². The summed E-state index contributed by atoms with van der Waals surface area (Å²) in [6.45, 7) is 3.53. The second kappa shape index (κ2) is 5.46. The molecule has 0 saturated heterocycles. The van der Waals surface area contributed by atoms with Gasteiger partial charge in [-0.2, -0.15) is 5.10 Å². The molecule has 0 unspecified atom stereocenters. The number of rotatable bonds is 4. The van der Waals surface area contributed by atoms with E-state index in [1.54, 1.807) is 24.7 Å². The van der Waals surface area contributed by atoms with Crippen LogP contribution in [-0.2, 0) is 21.7 Å². The number of hydrogen-bond donors (Lipinski definition) is 1. The third-order valence-corrected chi connectivity index (χ3v) is 3.31. The molecular formula is C15H18N2O3. The van der Waals surface area contributed by atoms with Crippen LogP contribution in [0.5, 0.6) is 0 Å². The third-order valence-electron chi connectivity index (χ3n) is 3.31. The molecule has 0 radical (unpaired) electrons. The van der Waals surface area contributed by atoms with Gasteiger partial charge in [-0.25, -0.2) is 4.79 Å². The summed E-state index contributed by atoms with van der Waals surface area (Å²) in [7, 11) is 1.36. The molecular weight excluding hydrogens is 256 g/mol. The van der Waals surface area contributed by atoms with Gasteiger partial charge in [0.2, 0.25) is 0 Å². The zero-order valence-corrected chi connectivity index (χ0v) is 11.8. The predicted octanol–water partition coefficient (Wildman–Crippen LogP) is 1.95. The van der Waals surface area contributed by atoms with Gasteiger partial charge in [-0.3, -0.25) is 4.68 Å². The van der Waals surface area contributed by atoms with Gasteiger partial charge < -0.3 is 9.84 Å². The molecule has 0 bridgehead atoms. The number of ether oxygens (including phenoxy) is 1. The molecule has 2 rings (SSSR count).